The maximum Gasteiger partial charge on any atom is 0.349 e. The Hall–Kier alpha value is -2.63. The number of esters is 1. The first-order chi connectivity index (χ1) is 13.5. The van der Waals surface area contributed by atoms with Crippen LogP contribution in [0.15, 0.2) is 60.0 Å². The molecule has 0 saturated carbocycles. The molecule has 2 aromatic carbocycles. The van der Waals surface area contributed by atoms with Gasteiger partial charge in [-0.15, -0.1) is 11.3 Å². The second kappa shape index (κ2) is 9.04. The van der Waals surface area contributed by atoms with E-state index in [-0.39, 0.29) is 18.6 Å². The standard InChI is InChI=1S/C22H20ClNO3S/c1-14-7-9-16(10-8-14)18-11-12-28-21(18)22(26)27-13-20(25)24-15(2)17-5-3-4-6-19(17)23/h3-12,15H,13H2,1-2H3,(H,24,25)/t15-/m1/s1. The summed E-state index contributed by atoms with van der Waals surface area (Å²) in [6.45, 7) is 3.49. The molecule has 0 aliphatic rings. The molecule has 0 radical (unpaired) electrons. The number of carbonyl (C=O) groups is 2. The predicted octanol–water partition coefficient (Wildman–Crippen LogP) is 5.41. The van der Waals surface area contributed by atoms with E-state index in [1.165, 1.54) is 11.3 Å². The predicted molar refractivity (Wildman–Crippen MR) is 113 cm³/mol. The van der Waals surface area contributed by atoms with E-state index in [0.717, 1.165) is 22.3 Å². The zero-order valence-electron chi connectivity index (χ0n) is 15.6. The molecule has 0 bridgehead atoms. The van der Waals surface area contributed by atoms with Gasteiger partial charge in [0.15, 0.2) is 6.61 Å². The van der Waals surface area contributed by atoms with Crippen molar-refractivity contribution in [1.29, 1.82) is 0 Å². The molecule has 3 aromatic rings. The average molecular weight is 414 g/mol. The molecular formula is C22H20ClNO3S. The number of hydrogen-bond acceptors (Lipinski definition) is 4. The molecule has 0 spiro atoms. The van der Waals surface area contributed by atoms with Crippen molar-refractivity contribution in [3.63, 3.8) is 0 Å². The van der Waals surface area contributed by atoms with E-state index in [1.54, 1.807) is 6.07 Å². The van der Waals surface area contributed by atoms with Gasteiger partial charge in [0.05, 0.1) is 6.04 Å². The SMILES string of the molecule is Cc1ccc(-c2ccsc2C(=O)OCC(=O)N[C@H](C)c2ccccc2Cl)cc1. The lowest BCUT2D eigenvalue weighted by molar-refractivity contribution is -0.124. The molecule has 1 aromatic heterocycles. The molecule has 4 nitrogen and oxygen atoms in total. The lowest BCUT2D eigenvalue weighted by Crippen LogP contribution is -2.31. The van der Waals surface area contributed by atoms with Crippen LogP contribution in [-0.2, 0) is 9.53 Å². The summed E-state index contributed by atoms with van der Waals surface area (Å²) < 4.78 is 5.23. The fraction of sp³-hybridized carbons (Fsp3) is 0.182. The molecule has 6 heteroatoms. The lowest BCUT2D eigenvalue weighted by atomic mass is 10.1. The van der Waals surface area contributed by atoms with Crippen molar-refractivity contribution in [2.24, 2.45) is 0 Å². The van der Waals surface area contributed by atoms with Gasteiger partial charge in [-0.2, -0.15) is 0 Å². The number of amides is 1. The minimum atomic E-state index is -0.508. The summed E-state index contributed by atoms with van der Waals surface area (Å²) in [7, 11) is 0. The zero-order valence-corrected chi connectivity index (χ0v) is 17.1. The summed E-state index contributed by atoms with van der Waals surface area (Å²) in [6.07, 6.45) is 0. The summed E-state index contributed by atoms with van der Waals surface area (Å²) in [6, 6.07) is 16.8. The van der Waals surface area contributed by atoms with Gasteiger partial charge in [-0.3, -0.25) is 4.79 Å². The number of benzene rings is 2. The van der Waals surface area contributed by atoms with E-state index in [4.69, 9.17) is 16.3 Å². The number of carbonyl (C=O) groups excluding carboxylic acids is 2. The van der Waals surface area contributed by atoms with Crippen LogP contribution in [0.25, 0.3) is 11.1 Å². The lowest BCUT2D eigenvalue weighted by Gasteiger charge is -2.15. The van der Waals surface area contributed by atoms with Gasteiger partial charge in [0, 0.05) is 10.6 Å². The smallest absolute Gasteiger partial charge is 0.349 e. The van der Waals surface area contributed by atoms with E-state index < -0.39 is 5.97 Å². The van der Waals surface area contributed by atoms with E-state index in [9.17, 15) is 9.59 Å². The number of halogens is 1. The Balaban J connectivity index is 1.60. The minimum absolute atomic E-state index is 0.287. The van der Waals surface area contributed by atoms with Gasteiger partial charge in [0.2, 0.25) is 0 Å². The first-order valence-corrected chi connectivity index (χ1v) is 10.1. The van der Waals surface area contributed by atoms with Crippen LogP contribution in [0.2, 0.25) is 5.02 Å². The molecule has 1 heterocycles. The second-order valence-electron chi connectivity index (χ2n) is 6.42. The van der Waals surface area contributed by atoms with Crippen molar-refractivity contribution in [3.8, 4) is 11.1 Å². The molecule has 1 N–H and O–H groups in total. The third kappa shape index (κ3) is 4.80. The first kappa shape index (κ1) is 20.1. The summed E-state index contributed by atoms with van der Waals surface area (Å²) in [4.78, 5) is 25.1. The second-order valence-corrected chi connectivity index (χ2v) is 7.74. The van der Waals surface area contributed by atoms with E-state index >= 15 is 0 Å². The molecule has 0 aliphatic carbocycles. The van der Waals surface area contributed by atoms with Gasteiger partial charge in [-0.1, -0.05) is 59.6 Å². The molecular weight excluding hydrogens is 394 g/mol. The monoisotopic (exact) mass is 413 g/mol. The Labute approximate surface area is 173 Å². The van der Waals surface area contributed by atoms with Crippen molar-refractivity contribution in [2.45, 2.75) is 19.9 Å². The Morgan fingerprint density at radius 2 is 1.82 bits per heavy atom. The maximum atomic E-state index is 12.5. The highest BCUT2D eigenvalue weighted by Crippen LogP contribution is 2.29. The average Bonchev–Trinajstić information content (AvgIpc) is 3.17. The number of nitrogens with one attached hydrogen (secondary N) is 1. The van der Waals surface area contributed by atoms with Crippen molar-refractivity contribution in [1.82, 2.24) is 5.32 Å². The van der Waals surface area contributed by atoms with Crippen LogP contribution in [0.1, 0.15) is 33.8 Å². The van der Waals surface area contributed by atoms with Crippen LogP contribution in [0.5, 0.6) is 0 Å². The maximum absolute atomic E-state index is 12.5. The van der Waals surface area contributed by atoms with E-state index in [2.05, 4.69) is 5.32 Å². The van der Waals surface area contributed by atoms with Crippen LogP contribution in [0, 0.1) is 6.92 Å². The molecule has 28 heavy (non-hydrogen) atoms. The van der Waals surface area contributed by atoms with Crippen LogP contribution in [-0.4, -0.2) is 18.5 Å². The number of aryl methyl sites for hydroxylation is 1. The molecule has 0 unspecified atom stereocenters. The molecule has 144 valence electrons. The van der Waals surface area contributed by atoms with Crippen LogP contribution < -0.4 is 5.32 Å². The van der Waals surface area contributed by atoms with Crippen molar-refractivity contribution in [2.75, 3.05) is 6.61 Å². The molecule has 1 amide bonds. The van der Waals surface area contributed by atoms with Crippen LogP contribution in [0.4, 0.5) is 0 Å². The fourth-order valence-corrected chi connectivity index (χ4v) is 3.92. The van der Waals surface area contributed by atoms with Gasteiger partial charge < -0.3 is 10.1 Å². The highest BCUT2D eigenvalue weighted by Gasteiger charge is 2.18. The molecule has 3 rings (SSSR count). The summed E-state index contributed by atoms with van der Waals surface area (Å²) in [5.41, 5.74) is 3.70. The highest BCUT2D eigenvalue weighted by atomic mass is 35.5. The number of hydrogen-bond donors (Lipinski definition) is 1. The quantitative estimate of drug-likeness (QED) is 0.549. The van der Waals surface area contributed by atoms with Crippen LogP contribution in [0.3, 0.4) is 0 Å². The normalized spacial score (nSPS) is 11.7. The minimum Gasteiger partial charge on any atom is -0.451 e. The van der Waals surface area contributed by atoms with Gasteiger partial charge in [0.1, 0.15) is 4.88 Å². The highest BCUT2D eigenvalue weighted by molar-refractivity contribution is 7.12. The third-order valence-corrected chi connectivity index (χ3v) is 5.54. The third-order valence-electron chi connectivity index (χ3n) is 4.30. The molecule has 1 atom stereocenters. The Kier molecular flexibility index (Phi) is 6.49. The van der Waals surface area contributed by atoms with Crippen molar-refractivity contribution in [3.05, 3.63) is 81.0 Å². The van der Waals surface area contributed by atoms with Gasteiger partial charge >= 0.3 is 5.97 Å². The summed E-state index contributed by atoms with van der Waals surface area (Å²) in [5, 5.41) is 5.21. The fourth-order valence-electron chi connectivity index (χ4n) is 2.81. The first-order valence-electron chi connectivity index (χ1n) is 8.81. The molecule has 0 aliphatic heterocycles. The van der Waals surface area contributed by atoms with Crippen LogP contribution >= 0.6 is 22.9 Å². The topological polar surface area (TPSA) is 55.4 Å². The van der Waals surface area contributed by atoms with Crippen molar-refractivity contribution < 1.29 is 14.3 Å². The van der Waals surface area contributed by atoms with E-state index in [1.807, 2.05) is 67.8 Å². The Morgan fingerprint density at radius 3 is 2.54 bits per heavy atom. The number of thiophene rings is 1. The summed E-state index contributed by atoms with van der Waals surface area (Å²) >= 11 is 7.45. The van der Waals surface area contributed by atoms with Gasteiger partial charge in [0.25, 0.3) is 5.91 Å². The summed E-state index contributed by atoms with van der Waals surface area (Å²) in [5.74, 6) is -0.889. The van der Waals surface area contributed by atoms with E-state index in [0.29, 0.717) is 9.90 Å². The van der Waals surface area contributed by atoms with Crippen molar-refractivity contribution >= 4 is 34.8 Å². The zero-order chi connectivity index (χ0) is 20.1. The molecule has 0 saturated heterocycles. The number of ether oxygens (including phenoxy) is 1. The Morgan fingerprint density at radius 1 is 1.11 bits per heavy atom. The van der Waals surface area contributed by atoms with Gasteiger partial charge in [-0.25, -0.2) is 4.79 Å². The van der Waals surface area contributed by atoms with Gasteiger partial charge in [-0.05, 0) is 42.5 Å². The molecule has 0 fully saturated rings. The number of rotatable bonds is 6. The largest absolute Gasteiger partial charge is 0.451 e. The Bertz CT molecular complexity index is 981.